The summed E-state index contributed by atoms with van der Waals surface area (Å²) in [6.45, 7) is 2.24. The highest BCUT2D eigenvalue weighted by molar-refractivity contribution is 6.32. The summed E-state index contributed by atoms with van der Waals surface area (Å²) < 4.78 is 10.9. The number of nitrogens with two attached hydrogens (primary N) is 1. The normalized spacial score (nSPS) is 21.1. The lowest BCUT2D eigenvalue weighted by Crippen LogP contribution is -2.39. The molecule has 0 saturated heterocycles. The average Bonchev–Trinajstić information content (AvgIpc) is 2.83. The van der Waals surface area contributed by atoms with Crippen LogP contribution in [-0.4, -0.2) is 6.79 Å². The van der Waals surface area contributed by atoms with Crippen molar-refractivity contribution in [3.63, 3.8) is 0 Å². The molecule has 0 spiro atoms. The second kappa shape index (κ2) is 4.32. The van der Waals surface area contributed by atoms with E-state index >= 15 is 0 Å². The van der Waals surface area contributed by atoms with Gasteiger partial charge in [0.25, 0.3) is 0 Å². The van der Waals surface area contributed by atoms with E-state index in [1.807, 2.05) is 13.0 Å². The van der Waals surface area contributed by atoms with Crippen LogP contribution in [0.25, 0.3) is 0 Å². The lowest BCUT2D eigenvalue weighted by atomic mass is 9.77. The molecule has 3 nitrogen and oxygen atoms in total. The van der Waals surface area contributed by atoms with Crippen LogP contribution in [0.4, 0.5) is 0 Å². The molecule has 0 unspecified atom stereocenters. The van der Waals surface area contributed by atoms with Crippen LogP contribution >= 0.6 is 11.6 Å². The fraction of sp³-hybridized carbons (Fsp3) is 0.571. The van der Waals surface area contributed by atoms with E-state index in [2.05, 4.69) is 0 Å². The quantitative estimate of drug-likeness (QED) is 0.847. The first-order valence-electron chi connectivity index (χ1n) is 6.50. The Kier molecular flexibility index (Phi) is 2.91. The second-order valence-electron chi connectivity index (χ2n) is 5.31. The molecule has 18 heavy (non-hydrogen) atoms. The van der Waals surface area contributed by atoms with Gasteiger partial charge in [-0.25, -0.2) is 0 Å². The van der Waals surface area contributed by atoms with Crippen LogP contribution in [0.5, 0.6) is 11.5 Å². The van der Waals surface area contributed by atoms with Gasteiger partial charge in [0.1, 0.15) is 0 Å². The van der Waals surface area contributed by atoms with E-state index in [0.717, 1.165) is 40.5 Å². The second-order valence-corrected chi connectivity index (χ2v) is 5.69. The molecule has 1 aliphatic carbocycles. The summed E-state index contributed by atoms with van der Waals surface area (Å²) in [6, 6.07) is 1.98. The molecule has 0 aromatic heterocycles. The molecule has 0 bridgehead atoms. The molecule has 3 rings (SSSR count). The molecule has 4 heteroatoms. The Hall–Kier alpha value is -0.930. The average molecular weight is 268 g/mol. The maximum absolute atomic E-state index is 6.56. The fourth-order valence-corrected chi connectivity index (χ4v) is 3.33. The van der Waals surface area contributed by atoms with Crippen molar-refractivity contribution in [3.8, 4) is 11.5 Å². The monoisotopic (exact) mass is 267 g/mol. The maximum atomic E-state index is 6.56. The third kappa shape index (κ3) is 1.77. The van der Waals surface area contributed by atoms with E-state index in [9.17, 15) is 0 Å². The van der Waals surface area contributed by atoms with Crippen molar-refractivity contribution in [1.29, 1.82) is 0 Å². The third-order valence-electron chi connectivity index (χ3n) is 4.11. The lowest BCUT2D eigenvalue weighted by molar-refractivity contribution is 0.173. The number of hydrogen-bond donors (Lipinski definition) is 1. The van der Waals surface area contributed by atoms with Gasteiger partial charge in [-0.3, -0.25) is 0 Å². The Labute approximate surface area is 112 Å². The van der Waals surface area contributed by atoms with Gasteiger partial charge in [0, 0.05) is 11.1 Å². The van der Waals surface area contributed by atoms with Crippen molar-refractivity contribution < 1.29 is 9.47 Å². The summed E-state index contributed by atoms with van der Waals surface area (Å²) in [5.74, 6) is 1.55. The molecule has 98 valence electrons. The van der Waals surface area contributed by atoms with E-state index < -0.39 is 0 Å². The predicted octanol–water partition coefficient (Wildman–Crippen LogP) is 3.50. The summed E-state index contributed by atoms with van der Waals surface area (Å²) in [7, 11) is 0. The molecule has 2 N–H and O–H groups in total. The van der Waals surface area contributed by atoms with Crippen molar-refractivity contribution in [2.24, 2.45) is 5.73 Å². The first-order valence-corrected chi connectivity index (χ1v) is 6.88. The summed E-state index contributed by atoms with van der Waals surface area (Å²) in [5, 5.41) is 0.739. The fourth-order valence-electron chi connectivity index (χ4n) is 3.00. The van der Waals surface area contributed by atoms with Gasteiger partial charge < -0.3 is 15.2 Å². The Morgan fingerprint density at radius 3 is 2.67 bits per heavy atom. The molecule has 1 heterocycles. The SMILES string of the molecule is Cc1c(Cl)c(C2(N)CCCCC2)cc2c1OCO2. The molecule has 0 radical (unpaired) electrons. The smallest absolute Gasteiger partial charge is 0.231 e. The molecular weight excluding hydrogens is 250 g/mol. The van der Waals surface area contributed by atoms with Crippen LogP contribution in [0.1, 0.15) is 43.2 Å². The number of rotatable bonds is 1. The Balaban J connectivity index is 2.09. The molecule has 2 aliphatic rings. The van der Waals surface area contributed by atoms with Gasteiger partial charge in [-0.1, -0.05) is 30.9 Å². The van der Waals surface area contributed by atoms with Gasteiger partial charge in [0.2, 0.25) is 6.79 Å². The van der Waals surface area contributed by atoms with Gasteiger partial charge in [-0.05, 0) is 31.4 Å². The molecular formula is C14H18ClNO2. The van der Waals surface area contributed by atoms with Crippen molar-refractivity contribution >= 4 is 11.6 Å². The molecule has 1 aromatic carbocycles. The molecule has 1 aliphatic heterocycles. The van der Waals surface area contributed by atoms with E-state index in [0.29, 0.717) is 0 Å². The lowest BCUT2D eigenvalue weighted by Gasteiger charge is -2.35. The minimum atomic E-state index is -0.304. The highest BCUT2D eigenvalue weighted by atomic mass is 35.5. The Bertz CT molecular complexity index is 481. The van der Waals surface area contributed by atoms with Crippen molar-refractivity contribution in [1.82, 2.24) is 0 Å². The van der Waals surface area contributed by atoms with Crippen molar-refractivity contribution in [2.75, 3.05) is 6.79 Å². The molecule has 0 amide bonds. The van der Waals surface area contributed by atoms with Crippen LogP contribution in [-0.2, 0) is 5.54 Å². The Morgan fingerprint density at radius 1 is 1.22 bits per heavy atom. The highest BCUT2D eigenvalue weighted by Gasteiger charge is 2.34. The number of ether oxygens (including phenoxy) is 2. The van der Waals surface area contributed by atoms with Crippen LogP contribution in [0.3, 0.4) is 0 Å². The maximum Gasteiger partial charge on any atom is 0.231 e. The summed E-state index contributed by atoms with van der Waals surface area (Å²) in [6.07, 6.45) is 5.58. The zero-order chi connectivity index (χ0) is 12.8. The number of hydrogen-bond acceptors (Lipinski definition) is 3. The van der Waals surface area contributed by atoms with Crippen molar-refractivity contribution in [2.45, 2.75) is 44.6 Å². The topological polar surface area (TPSA) is 44.5 Å². The van der Waals surface area contributed by atoms with Gasteiger partial charge in [0.05, 0.1) is 5.02 Å². The van der Waals surface area contributed by atoms with E-state index in [4.69, 9.17) is 26.8 Å². The molecule has 0 atom stereocenters. The minimum absolute atomic E-state index is 0.271. The zero-order valence-electron chi connectivity index (χ0n) is 10.6. The van der Waals surface area contributed by atoms with Gasteiger partial charge in [-0.15, -0.1) is 0 Å². The van der Waals surface area contributed by atoms with Crippen LogP contribution in [0, 0.1) is 6.92 Å². The molecule has 1 saturated carbocycles. The third-order valence-corrected chi connectivity index (χ3v) is 4.59. The highest BCUT2D eigenvalue weighted by Crippen LogP contribution is 2.46. The van der Waals surface area contributed by atoms with Gasteiger partial charge >= 0.3 is 0 Å². The predicted molar refractivity (Wildman–Crippen MR) is 71.3 cm³/mol. The van der Waals surface area contributed by atoms with E-state index in [-0.39, 0.29) is 12.3 Å². The van der Waals surface area contributed by atoms with Gasteiger partial charge in [-0.2, -0.15) is 0 Å². The molecule has 1 aromatic rings. The largest absolute Gasteiger partial charge is 0.454 e. The summed E-state index contributed by atoms with van der Waals surface area (Å²) >= 11 is 6.48. The Morgan fingerprint density at radius 2 is 1.94 bits per heavy atom. The van der Waals surface area contributed by atoms with Crippen LogP contribution in [0.2, 0.25) is 5.02 Å². The summed E-state index contributed by atoms with van der Waals surface area (Å²) in [4.78, 5) is 0. The van der Waals surface area contributed by atoms with E-state index in [1.165, 1.54) is 19.3 Å². The minimum Gasteiger partial charge on any atom is -0.454 e. The van der Waals surface area contributed by atoms with Crippen LogP contribution < -0.4 is 15.2 Å². The summed E-state index contributed by atoms with van der Waals surface area (Å²) in [5.41, 5.74) is 8.22. The van der Waals surface area contributed by atoms with Crippen molar-refractivity contribution in [3.05, 3.63) is 22.2 Å². The first kappa shape index (κ1) is 12.1. The van der Waals surface area contributed by atoms with Gasteiger partial charge in [0.15, 0.2) is 11.5 Å². The van der Waals surface area contributed by atoms with Crippen LogP contribution in [0.15, 0.2) is 6.07 Å². The number of halogens is 1. The number of fused-ring (bicyclic) bond motifs is 1. The molecule has 1 fully saturated rings. The standard InChI is InChI=1S/C14H18ClNO2/c1-9-12(15)10(7-11-13(9)18-8-17-11)14(16)5-3-2-4-6-14/h7H,2-6,8,16H2,1H3. The zero-order valence-corrected chi connectivity index (χ0v) is 11.3. The first-order chi connectivity index (χ1) is 8.62. The number of benzene rings is 1. The van der Waals surface area contributed by atoms with E-state index in [1.54, 1.807) is 0 Å².